The Balaban J connectivity index is 2.17. The van der Waals surface area contributed by atoms with Gasteiger partial charge in [-0.1, -0.05) is 15.9 Å². The second-order valence-electron chi connectivity index (χ2n) is 4.80. The number of ether oxygens (including phenoxy) is 2. The summed E-state index contributed by atoms with van der Waals surface area (Å²) >= 11 is 3.41. The minimum absolute atomic E-state index is 0.0794. The molecule has 2 N–H and O–H groups in total. The van der Waals surface area contributed by atoms with Crippen LogP contribution in [0.25, 0.3) is 0 Å². The van der Waals surface area contributed by atoms with Gasteiger partial charge in [0.15, 0.2) is 6.29 Å². The number of halogens is 1. The van der Waals surface area contributed by atoms with Crippen LogP contribution in [0.3, 0.4) is 0 Å². The van der Waals surface area contributed by atoms with Gasteiger partial charge in [-0.3, -0.25) is 0 Å². The molecule has 2 unspecified atom stereocenters. The van der Waals surface area contributed by atoms with Gasteiger partial charge in [-0.15, -0.1) is 0 Å². The van der Waals surface area contributed by atoms with Crippen LogP contribution in [0.5, 0.6) is 0 Å². The Kier molecular flexibility index (Phi) is 5.19. The van der Waals surface area contributed by atoms with Crippen LogP contribution in [0, 0.1) is 0 Å². The van der Waals surface area contributed by atoms with E-state index in [-0.39, 0.29) is 17.3 Å². The van der Waals surface area contributed by atoms with E-state index in [1.54, 1.807) is 6.07 Å². The Morgan fingerprint density at radius 3 is 2.80 bits per heavy atom. The third kappa shape index (κ3) is 4.02. The second-order valence-corrected chi connectivity index (χ2v) is 7.22. The first-order valence-corrected chi connectivity index (χ1v) is 8.81. The molecule has 0 radical (unpaired) electrons. The SMILES string of the molecule is CC(OC1CCCCO1)c1cc(S(N)(=O)=O)ccc1Br. The zero-order valence-electron chi connectivity index (χ0n) is 11.2. The normalized spacial score (nSPS) is 21.6. The second kappa shape index (κ2) is 6.53. The van der Waals surface area contributed by atoms with Gasteiger partial charge in [0.25, 0.3) is 0 Å². The molecule has 7 heteroatoms. The number of hydrogen-bond acceptors (Lipinski definition) is 4. The van der Waals surface area contributed by atoms with E-state index in [4.69, 9.17) is 14.6 Å². The van der Waals surface area contributed by atoms with Crippen LogP contribution in [0.2, 0.25) is 0 Å². The quantitative estimate of drug-likeness (QED) is 0.891. The highest BCUT2D eigenvalue weighted by Gasteiger charge is 2.21. The Hall–Kier alpha value is -0.470. The van der Waals surface area contributed by atoms with E-state index in [0.29, 0.717) is 6.61 Å². The summed E-state index contributed by atoms with van der Waals surface area (Å²) in [5, 5.41) is 5.15. The average Bonchev–Trinajstić information content (AvgIpc) is 2.39. The van der Waals surface area contributed by atoms with Crippen LogP contribution in [0.1, 0.15) is 37.9 Å². The maximum absolute atomic E-state index is 11.4. The molecule has 1 aromatic carbocycles. The zero-order chi connectivity index (χ0) is 14.8. The molecule has 1 aliphatic rings. The summed E-state index contributed by atoms with van der Waals surface area (Å²) in [4.78, 5) is 0.0794. The van der Waals surface area contributed by atoms with Crippen LogP contribution in [-0.4, -0.2) is 21.3 Å². The lowest BCUT2D eigenvalue weighted by molar-refractivity contribution is -0.186. The van der Waals surface area contributed by atoms with E-state index in [1.165, 1.54) is 12.1 Å². The minimum Gasteiger partial charge on any atom is -0.353 e. The van der Waals surface area contributed by atoms with Gasteiger partial charge in [0.2, 0.25) is 10.0 Å². The fraction of sp³-hybridized carbons (Fsp3) is 0.538. The molecule has 0 spiro atoms. The summed E-state index contributed by atoms with van der Waals surface area (Å²) in [6.45, 7) is 2.57. The first kappa shape index (κ1) is 15.9. The highest BCUT2D eigenvalue weighted by molar-refractivity contribution is 9.10. The zero-order valence-corrected chi connectivity index (χ0v) is 13.6. The van der Waals surface area contributed by atoms with Gasteiger partial charge in [-0.25, -0.2) is 13.6 Å². The molecule has 2 atom stereocenters. The Morgan fingerprint density at radius 2 is 2.20 bits per heavy atom. The van der Waals surface area contributed by atoms with E-state index in [1.807, 2.05) is 6.92 Å². The summed E-state index contributed by atoms with van der Waals surface area (Å²) in [6, 6.07) is 4.66. The van der Waals surface area contributed by atoms with Crippen molar-refractivity contribution in [2.24, 2.45) is 5.14 Å². The third-order valence-corrected chi connectivity index (χ3v) is 4.86. The van der Waals surface area contributed by atoms with E-state index >= 15 is 0 Å². The molecule has 2 rings (SSSR count). The van der Waals surface area contributed by atoms with Crippen LogP contribution in [0.15, 0.2) is 27.6 Å². The first-order chi connectivity index (χ1) is 9.38. The number of benzene rings is 1. The van der Waals surface area contributed by atoms with Gasteiger partial charge in [-0.05, 0) is 49.9 Å². The lowest BCUT2D eigenvalue weighted by atomic mass is 10.1. The number of nitrogens with two attached hydrogens (primary N) is 1. The van der Waals surface area contributed by atoms with Crippen molar-refractivity contribution < 1.29 is 17.9 Å². The van der Waals surface area contributed by atoms with Gasteiger partial charge >= 0.3 is 0 Å². The van der Waals surface area contributed by atoms with Crippen LogP contribution < -0.4 is 5.14 Å². The van der Waals surface area contributed by atoms with Gasteiger partial charge in [-0.2, -0.15) is 0 Å². The van der Waals surface area contributed by atoms with Gasteiger partial charge in [0.1, 0.15) is 0 Å². The van der Waals surface area contributed by atoms with Crippen molar-refractivity contribution in [1.82, 2.24) is 0 Å². The summed E-state index contributed by atoms with van der Waals surface area (Å²) in [7, 11) is -3.72. The Labute approximate surface area is 127 Å². The van der Waals surface area contributed by atoms with Gasteiger partial charge in [0.05, 0.1) is 11.0 Å². The molecule has 5 nitrogen and oxygen atoms in total. The largest absolute Gasteiger partial charge is 0.353 e. The molecule has 1 heterocycles. The molecular formula is C13H18BrNO4S. The van der Waals surface area contributed by atoms with Crippen LogP contribution in [-0.2, 0) is 19.5 Å². The molecule has 112 valence electrons. The number of sulfonamides is 1. The molecule has 0 aromatic heterocycles. The topological polar surface area (TPSA) is 78.6 Å². The van der Waals surface area contributed by atoms with E-state index < -0.39 is 10.0 Å². The lowest BCUT2D eigenvalue weighted by Gasteiger charge is -2.26. The molecule has 0 saturated carbocycles. The molecule has 1 aliphatic heterocycles. The summed E-state index contributed by atoms with van der Waals surface area (Å²) in [5.41, 5.74) is 0.741. The van der Waals surface area contributed by atoms with Gasteiger partial charge in [0, 0.05) is 11.1 Å². The molecule has 20 heavy (non-hydrogen) atoms. The van der Waals surface area contributed by atoms with E-state index in [0.717, 1.165) is 29.3 Å². The Morgan fingerprint density at radius 1 is 1.45 bits per heavy atom. The van der Waals surface area contributed by atoms with Crippen LogP contribution >= 0.6 is 15.9 Å². The van der Waals surface area contributed by atoms with Crippen molar-refractivity contribution in [2.75, 3.05) is 6.61 Å². The summed E-state index contributed by atoms with van der Waals surface area (Å²) in [5.74, 6) is 0. The van der Waals surface area contributed by atoms with Crippen molar-refractivity contribution in [3.05, 3.63) is 28.2 Å². The fourth-order valence-electron chi connectivity index (χ4n) is 2.13. The summed E-state index contributed by atoms with van der Waals surface area (Å²) in [6.07, 6.45) is 2.48. The van der Waals surface area contributed by atoms with Crippen molar-refractivity contribution in [3.8, 4) is 0 Å². The van der Waals surface area contributed by atoms with Crippen LogP contribution in [0.4, 0.5) is 0 Å². The predicted octanol–water partition coefficient (Wildman–Crippen LogP) is 2.70. The van der Waals surface area contributed by atoms with E-state index in [9.17, 15) is 8.42 Å². The highest BCUT2D eigenvalue weighted by atomic mass is 79.9. The predicted molar refractivity (Wildman–Crippen MR) is 78.6 cm³/mol. The maximum Gasteiger partial charge on any atom is 0.238 e. The molecule has 1 fully saturated rings. The molecular weight excluding hydrogens is 346 g/mol. The number of hydrogen-bond donors (Lipinski definition) is 1. The van der Waals surface area contributed by atoms with E-state index in [2.05, 4.69) is 15.9 Å². The fourth-order valence-corrected chi connectivity index (χ4v) is 3.25. The monoisotopic (exact) mass is 363 g/mol. The summed E-state index contributed by atoms with van der Waals surface area (Å²) < 4.78 is 35.0. The molecule has 0 bridgehead atoms. The molecule has 1 saturated heterocycles. The average molecular weight is 364 g/mol. The number of rotatable bonds is 4. The highest BCUT2D eigenvalue weighted by Crippen LogP contribution is 2.30. The number of primary sulfonamides is 1. The van der Waals surface area contributed by atoms with Gasteiger partial charge < -0.3 is 9.47 Å². The van der Waals surface area contributed by atoms with Crippen molar-refractivity contribution in [1.29, 1.82) is 0 Å². The smallest absolute Gasteiger partial charge is 0.238 e. The standard InChI is InChI=1S/C13H18BrNO4S/c1-9(19-13-4-2-3-7-18-13)11-8-10(20(15,16)17)5-6-12(11)14/h5-6,8-9,13H,2-4,7H2,1H3,(H2,15,16,17). The third-order valence-electron chi connectivity index (χ3n) is 3.23. The minimum atomic E-state index is -3.72. The first-order valence-electron chi connectivity index (χ1n) is 6.47. The molecule has 0 aliphatic carbocycles. The van der Waals surface area contributed by atoms with Crippen molar-refractivity contribution in [2.45, 2.75) is 43.5 Å². The van der Waals surface area contributed by atoms with Crippen molar-refractivity contribution in [3.63, 3.8) is 0 Å². The van der Waals surface area contributed by atoms with Crippen molar-refractivity contribution >= 4 is 26.0 Å². The molecule has 0 amide bonds. The Bertz CT molecular complexity index is 570. The lowest BCUT2D eigenvalue weighted by Crippen LogP contribution is -2.24. The maximum atomic E-state index is 11.4. The molecule has 1 aromatic rings.